The summed E-state index contributed by atoms with van der Waals surface area (Å²) in [6.07, 6.45) is 0. The highest BCUT2D eigenvalue weighted by Gasteiger charge is 2.33. The fraction of sp³-hybridized carbons (Fsp3) is 0.118. The zero-order chi connectivity index (χ0) is 18.3. The van der Waals surface area contributed by atoms with Crippen LogP contribution in [0.15, 0.2) is 36.4 Å². The molecule has 0 aromatic heterocycles. The van der Waals surface area contributed by atoms with E-state index in [1.54, 1.807) is 6.92 Å². The Morgan fingerprint density at radius 2 is 1.76 bits per heavy atom. The van der Waals surface area contributed by atoms with Gasteiger partial charge >= 0.3 is 0 Å². The van der Waals surface area contributed by atoms with Crippen LogP contribution in [0.4, 0.5) is 11.4 Å². The van der Waals surface area contributed by atoms with Gasteiger partial charge in [0.05, 0.1) is 21.7 Å². The number of nitro groups is 1. The smallest absolute Gasteiger partial charge is 0.271 e. The highest BCUT2D eigenvalue weighted by atomic mass is 16.6. The number of amides is 3. The number of rotatable bonds is 3. The number of anilines is 1. The molecular weight excluding hydrogens is 326 g/mol. The van der Waals surface area contributed by atoms with Crippen molar-refractivity contribution in [3.05, 3.63) is 68.8 Å². The lowest BCUT2D eigenvalue weighted by atomic mass is 10.0. The molecule has 1 aliphatic rings. The molecule has 0 spiro atoms. The van der Waals surface area contributed by atoms with Crippen LogP contribution < -0.4 is 5.32 Å². The Morgan fingerprint density at radius 1 is 1.08 bits per heavy atom. The summed E-state index contributed by atoms with van der Waals surface area (Å²) < 4.78 is 0. The van der Waals surface area contributed by atoms with Crippen molar-refractivity contribution in [2.24, 2.45) is 0 Å². The Morgan fingerprint density at radius 3 is 2.44 bits per heavy atom. The van der Waals surface area contributed by atoms with Crippen LogP contribution in [0.1, 0.15) is 36.6 Å². The molecule has 1 aliphatic heterocycles. The molecule has 2 aromatic carbocycles. The third-order valence-electron chi connectivity index (χ3n) is 4.03. The standard InChI is InChI=1S/C17H13N3O5/c1-9-3-5-11(20(24)25)8-14(9)18-15(21)10-4-6-12-13(7-10)17(23)19(2)16(12)22/h3-8H,1-2H3,(H,18,21). The number of nitro benzene ring substituents is 1. The number of fused-ring (bicyclic) bond motifs is 1. The van der Waals surface area contributed by atoms with Gasteiger partial charge in [-0.25, -0.2) is 0 Å². The minimum atomic E-state index is -0.551. The van der Waals surface area contributed by atoms with Crippen LogP contribution in [0.3, 0.4) is 0 Å². The molecule has 0 aliphatic carbocycles. The van der Waals surface area contributed by atoms with E-state index < -0.39 is 22.6 Å². The number of carbonyl (C=O) groups excluding carboxylic acids is 3. The van der Waals surface area contributed by atoms with Crippen molar-refractivity contribution in [2.45, 2.75) is 6.92 Å². The topological polar surface area (TPSA) is 110 Å². The van der Waals surface area contributed by atoms with Gasteiger partial charge in [0.25, 0.3) is 23.4 Å². The van der Waals surface area contributed by atoms with E-state index >= 15 is 0 Å². The van der Waals surface area contributed by atoms with Crippen molar-refractivity contribution in [3.8, 4) is 0 Å². The molecule has 0 saturated carbocycles. The lowest BCUT2D eigenvalue weighted by Crippen LogP contribution is -2.24. The molecule has 3 amide bonds. The van der Waals surface area contributed by atoms with Crippen molar-refractivity contribution < 1.29 is 19.3 Å². The Labute approximate surface area is 142 Å². The number of hydrogen-bond donors (Lipinski definition) is 1. The quantitative estimate of drug-likeness (QED) is 0.524. The Bertz CT molecular complexity index is 951. The fourth-order valence-corrected chi connectivity index (χ4v) is 2.56. The summed E-state index contributed by atoms with van der Waals surface area (Å²) in [4.78, 5) is 47.6. The van der Waals surface area contributed by atoms with Crippen LogP contribution in [0.5, 0.6) is 0 Å². The van der Waals surface area contributed by atoms with Crippen molar-refractivity contribution >= 4 is 29.1 Å². The van der Waals surface area contributed by atoms with E-state index in [0.717, 1.165) is 4.90 Å². The molecule has 1 heterocycles. The lowest BCUT2D eigenvalue weighted by Gasteiger charge is -2.09. The molecule has 0 unspecified atom stereocenters. The molecule has 0 atom stereocenters. The van der Waals surface area contributed by atoms with Gasteiger partial charge < -0.3 is 5.32 Å². The summed E-state index contributed by atoms with van der Waals surface area (Å²) in [5, 5.41) is 13.5. The molecule has 0 saturated heterocycles. The van der Waals surface area contributed by atoms with Gasteiger partial charge in [-0.1, -0.05) is 6.07 Å². The summed E-state index contributed by atoms with van der Waals surface area (Å²) in [7, 11) is 1.37. The van der Waals surface area contributed by atoms with E-state index in [1.807, 2.05) is 0 Å². The van der Waals surface area contributed by atoms with Crippen LogP contribution in [0.2, 0.25) is 0 Å². The second-order valence-electron chi connectivity index (χ2n) is 5.64. The normalized spacial score (nSPS) is 13.0. The number of nitrogens with one attached hydrogen (secondary N) is 1. The molecule has 0 bridgehead atoms. The van der Waals surface area contributed by atoms with Gasteiger partial charge in [-0.2, -0.15) is 0 Å². The molecule has 25 heavy (non-hydrogen) atoms. The number of non-ortho nitro benzene ring substituents is 1. The first kappa shape index (κ1) is 16.3. The van der Waals surface area contributed by atoms with E-state index in [4.69, 9.17) is 0 Å². The molecule has 8 heteroatoms. The maximum Gasteiger partial charge on any atom is 0.271 e. The minimum absolute atomic E-state index is 0.141. The van der Waals surface area contributed by atoms with Crippen LogP contribution in [0.25, 0.3) is 0 Å². The molecule has 3 rings (SSSR count). The SMILES string of the molecule is Cc1ccc([N+](=O)[O-])cc1NC(=O)c1ccc2c(c1)C(=O)N(C)C2=O. The van der Waals surface area contributed by atoms with Crippen LogP contribution in [-0.4, -0.2) is 34.6 Å². The van der Waals surface area contributed by atoms with E-state index in [9.17, 15) is 24.5 Å². The predicted molar refractivity (Wildman–Crippen MR) is 88.7 cm³/mol. The van der Waals surface area contributed by atoms with Gasteiger partial charge in [0.15, 0.2) is 0 Å². The zero-order valence-corrected chi connectivity index (χ0v) is 13.4. The monoisotopic (exact) mass is 339 g/mol. The molecule has 1 N–H and O–H groups in total. The van der Waals surface area contributed by atoms with Gasteiger partial charge in [0, 0.05) is 24.7 Å². The van der Waals surface area contributed by atoms with Crippen molar-refractivity contribution in [1.82, 2.24) is 4.90 Å². The van der Waals surface area contributed by atoms with Gasteiger partial charge in [0.2, 0.25) is 0 Å². The largest absolute Gasteiger partial charge is 0.321 e. The first-order valence-electron chi connectivity index (χ1n) is 7.32. The number of nitrogens with zero attached hydrogens (tertiary/aromatic N) is 2. The van der Waals surface area contributed by atoms with Gasteiger partial charge in [0.1, 0.15) is 0 Å². The molecule has 2 aromatic rings. The number of aryl methyl sites for hydroxylation is 1. The predicted octanol–water partition coefficient (Wildman–Crippen LogP) is 2.38. The lowest BCUT2D eigenvalue weighted by molar-refractivity contribution is -0.384. The Balaban J connectivity index is 1.91. The number of carbonyl (C=O) groups is 3. The highest BCUT2D eigenvalue weighted by molar-refractivity contribution is 6.22. The Hall–Kier alpha value is -3.55. The third-order valence-corrected chi connectivity index (χ3v) is 4.03. The fourth-order valence-electron chi connectivity index (χ4n) is 2.56. The molecule has 0 fully saturated rings. The summed E-state index contributed by atoms with van der Waals surface area (Å²) in [5.74, 6) is -1.41. The minimum Gasteiger partial charge on any atom is -0.321 e. The number of hydrogen-bond acceptors (Lipinski definition) is 5. The van der Waals surface area contributed by atoms with E-state index in [1.165, 1.54) is 43.4 Å². The van der Waals surface area contributed by atoms with Gasteiger partial charge in [-0.15, -0.1) is 0 Å². The van der Waals surface area contributed by atoms with E-state index in [2.05, 4.69) is 5.32 Å². The maximum absolute atomic E-state index is 12.4. The van der Waals surface area contributed by atoms with Crippen LogP contribution in [-0.2, 0) is 0 Å². The van der Waals surface area contributed by atoms with Crippen molar-refractivity contribution in [2.75, 3.05) is 12.4 Å². The van der Waals surface area contributed by atoms with Crippen molar-refractivity contribution in [1.29, 1.82) is 0 Å². The van der Waals surface area contributed by atoms with Gasteiger partial charge in [-0.05, 0) is 30.7 Å². The first-order chi connectivity index (χ1) is 11.8. The highest BCUT2D eigenvalue weighted by Crippen LogP contribution is 2.25. The second-order valence-corrected chi connectivity index (χ2v) is 5.64. The average Bonchev–Trinajstić information content (AvgIpc) is 2.80. The van der Waals surface area contributed by atoms with Crippen LogP contribution >= 0.6 is 0 Å². The number of imide groups is 1. The maximum atomic E-state index is 12.4. The van der Waals surface area contributed by atoms with Crippen molar-refractivity contribution in [3.63, 3.8) is 0 Å². The molecular formula is C17H13N3O5. The zero-order valence-electron chi connectivity index (χ0n) is 13.4. The third kappa shape index (κ3) is 2.74. The summed E-state index contributed by atoms with van der Waals surface area (Å²) in [6, 6.07) is 8.36. The molecule has 126 valence electrons. The molecule has 8 nitrogen and oxygen atoms in total. The summed E-state index contributed by atoms with van der Waals surface area (Å²) in [6.45, 7) is 1.71. The van der Waals surface area contributed by atoms with Crippen LogP contribution in [0, 0.1) is 17.0 Å². The summed E-state index contributed by atoms with van der Waals surface area (Å²) >= 11 is 0. The second kappa shape index (κ2) is 5.82. The van der Waals surface area contributed by atoms with E-state index in [-0.39, 0.29) is 22.4 Å². The molecule has 0 radical (unpaired) electrons. The van der Waals surface area contributed by atoms with Gasteiger partial charge in [-0.3, -0.25) is 29.4 Å². The Kier molecular flexibility index (Phi) is 3.80. The average molecular weight is 339 g/mol. The summed E-state index contributed by atoms with van der Waals surface area (Å²) in [5.41, 5.74) is 1.41. The van der Waals surface area contributed by atoms with E-state index in [0.29, 0.717) is 11.3 Å². The number of benzene rings is 2. The first-order valence-corrected chi connectivity index (χ1v) is 7.32.